The van der Waals surface area contributed by atoms with Crippen LogP contribution in [0.2, 0.25) is 0 Å². The van der Waals surface area contributed by atoms with Gasteiger partial charge >= 0.3 is 21.1 Å². The summed E-state index contributed by atoms with van der Waals surface area (Å²) in [5.41, 5.74) is 12.8. The molecule has 0 unspecified atom stereocenters. The van der Waals surface area contributed by atoms with E-state index in [1.54, 1.807) is 0 Å². The van der Waals surface area contributed by atoms with Crippen molar-refractivity contribution in [1.29, 1.82) is 0 Å². The third-order valence-corrected chi connectivity index (χ3v) is 10.2. The summed E-state index contributed by atoms with van der Waals surface area (Å²) in [4.78, 5) is 14.9. The Bertz CT molecular complexity index is 3030. The molecular formula is C45H31N5OPt. The molecule has 10 rings (SSSR count). The second-order valence-electron chi connectivity index (χ2n) is 13.4. The van der Waals surface area contributed by atoms with Crippen LogP contribution < -0.4 is 4.74 Å². The fraction of sp³-hybridized carbons (Fsp3) is 0.0889. The number of hydrogen-bond donors (Lipinski definition) is 0. The molecule has 0 saturated carbocycles. The number of aromatic nitrogens is 5. The molecule has 0 aliphatic rings. The minimum atomic E-state index is 0. The summed E-state index contributed by atoms with van der Waals surface area (Å²) >= 11 is 0. The van der Waals surface area contributed by atoms with Gasteiger partial charge in [0.15, 0.2) is 0 Å². The molecule has 0 spiro atoms. The molecule has 0 saturated heterocycles. The second-order valence-corrected chi connectivity index (χ2v) is 13.4. The van der Waals surface area contributed by atoms with Gasteiger partial charge in [0, 0.05) is 46.7 Å². The van der Waals surface area contributed by atoms with Crippen LogP contribution in [0.25, 0.3) is 77.3 Å². The number of imidazole rings is 2. The van der Waals surface area contributed by atoms with Crippen molar-refractivity contribution in [2.45, 2.75) is 27.7 Å². The van der Waals surface area contributed by atoms with E-state index < -0.39 is 0 Å². The van der Waals surface area contributed by atoms with Gasteiger partial charge in [-0.05, 0) is 72.9 Å². The first kappa shape index (κ1) is 32.1. The Morgan fingerprint density at radius 1 is 0.558 bits per heavy atom. The zero-order valence-corrected chi connectivity index (χ0v) is 31.2. The number of benzene rings is 5. The maximum atomic E-state index is 6.53. The number of ether oxygens (including phenoxy) is 1. The van der Waals surface area contributed by atoms with E-state index in [9.17, 15) is 0 Å². The third kappa shape index (κ3) is 4.78. The van der Waals surface area contributed by atoms with Crippen LogP contribution in [0.4, 0.5) is 0 Å². The third-order valence-electron chi connectivity index (χ3n) is 10.2. The summed E-state index contributed by atoms with van der Waals surface area (Å²) in [5, 5.41) is 6.02. The zero-order valence-electron chi connectivity index (χ0n) is 28.9. The van der Waals surface area contributed by atoms with Crippen molar-refractivity contribution in [1.82, 2.24) is 23.8 Å². The van der Waals surface area contributed by atoms with E-state index in [2.05, 4.69) is 129 Å². The van der Waals surface area contributed by atoms with E-state index in [0.717, 1.165) is 71.7 Å². The van der Waals surface area contributed by atoms with Gasteiger partial charge in [-0.25, -0.2) is 4.98 Å². The average molecular weight is 853 g/mol. The molecule has 5 aromatic heterocycles. The van der Waals surface area contributed by atoms with Crippen molar-refractivity contribution >= 4 is 54.8 Å². The predicted octanol–water partition coefficient (Wildman–Crippen LogP) is 10.9. The van der Waals surface area contributed by atoms with Crippen LogP contribution in [0.3, 0.4) is 0 Å². The molecular weight excluding hydrogens is 822 g/mol. The molecule has 52 heavy (non-hydrogen) atoms. The molecule has 252 valence electrons. The molecule has 6 nitrogen and oxygen atoms in total. The number of hydrogen-bond acceptors (Lipinski definition) is 4. The number of para-hydroxylation sites is 1. The van der Waals surface area contributed by atoms with Crippen molar-refractivity contribution < 1.29 is 25.8 Å². The SMILES string of the molecule is Cc1cccc(C)c1-c1ccc2c3ccc(Oc4[c-]c5c(cc4)c4ccccc4n4c(-c6c(C)cccc6C)cnc54)[c-]c3c3nccn3c2n1.[Pt+2]. The normalized spacial score (nSPS) is 11.7. The van der Waals surface area contributed by atoms with Crippen LogP contribution in [-0.2, 0) is 21.1 Å². The molecule has 5 aromatic carbocycles. The molecule has 5 heterocycles. The number of pyridine rings is 3. The van der Waals surface area contributed by atoms with Crippen LogP contribution in [0.5, 0.6) is 11.5 Å². The Hall–Kier alpha value is -5.84. The number of fused-ring (bicyclic) bond motifs is 12. The Balaban J connectivity index is 0.00000360. The van der Waals surface area contributed by atoms with Crippen LogP contribution in [0, 0.1) is 39.8 Å². The molecule has 0 radical (unpaired) electrons. The van der Waals surface area contributed by atoms with Crippen LogP contribution in [-0.4, -0.2) is 23.8 Å². The first-order valence-electron chi connectivity index (χ1n) is 17.1. The van der Waals surface area contributed by atoms with E-state index in [1.165, 1.54) is 27.8 Å². The van der Waals surface area contributed by atoms with E-state index >= 15 is 0 Å². The Kier molecular flexibility index (Phi) is 7.49. The summed E-state index contributed by atoms with van der Waals surface area (Å²) < 4.78 is 10.8. The van der Waals surface area contributed by atoms with Gasteiger partial charge in [0.2, 0.25) is 0 Å². The minimum absolute atomic E-state index is 0. The van der Waals surface area contributed by atoms with Crippen molar-refractivity contribution in [3.05, 3.63) is 150 Å². The van der Waals surface area contributed by atoms with Gasteiger partial charge in [-0.15, -0.1) is 12.1 Å². The summed E-state index contributed by atoms with van der Waals surface area (Å²) in [6, 6.07) is 40.8. The zero-order chi connectivity index (χ0) is 34.4. The van der Waals surface area contributed by atoms with Crippen molar-refractivity contribution in [3.8, 4) is 34.0 Å². The van der Waals surface area contributed by atoms with E-state index in [1.807, 2.05) is 35.1 Å². The smallest absolute Gasteiger partial charge is 0.497 e. The van der Waals surface area contributed by atoms with Gasteiger partial charge in [-0.2, -0.15) is 0 Å². The van der Waals surface area contributed by atoms with Gasteiger partial charge in [-0.3, -0.25) is 9.97 Å². The number of nitrogens with zero attached hydrogens (tertiary/aromatic N) is 5. The average Bonchev–Trinajstić information content (AvgIpc) is 3.81. The van der Waals surface area contributed by atoms with E-state index in [-0.39, 0.29) is 21.1 Å². The molecule has 0 N–H and O–H groups in total. The van der Waals surface area contributed by atoms with Crippen molar-refractivity contribution in [3.63, 3.8) is 0 Å². The van der Waals surface area contributed by atoms with Crippen LogP contribution >= 0.6 is 0 Å². The minimum Gasteiger partial charge on any atom is -0.497 e. The number of aryl methyl sites for hydroxylation is 4. The van der Waals surface area contributed by atoms with Gasteiger partial charge in [0.25, 0.3) is 0 Å². The number of rotatable bonds is 4. The molecule has 7 heteroatoms. The predicted molar refractivity (Wildman–Crippen MR) is 206 cm³/mol. The maximum absolute atomic E-state index is 6.53. The quantitative estimate of drug-likeness (QED) is 0.131. The Labute approximate surface area is 314 Å². The summed E-state index contributed by atoms with van der Waals surface area (Å²) in [6.45, 7) is 8.58. The maximum Gasteiger partial charge on any atom is 2.00 e. The molecule has 0 atom stereocenters. The fourth-order valence-electron chi connectivity index (χ4n) is 7.91. The molecule has 0 bridgehead atoms. The van der Waals surface area contributed by atoms with E-state index in [4.69, 9.17) is 19.7 Å². The van der Waals surface area contributed by atoms with Gasteiger partial charge in [0.05, 0.1) is 22.7 Å². The molecule has 0 fully saturated rings. The Morgan fingerprint density at radius 3 is 1.88 bits per heavy atom. The topological polar surface area (TPSA) is 56.7 Å². The largest absolute Gasteiger partial charge is 2.00 e. The molecule has 0 aliphatic carbocycles. The monoisotopic (exact) mass is 852 g/mol. The second kappa shape index (κ2) is 12.1. The summed E-state index contributed by atoms with van der Waals surface area (Å²) in [6.07, 6.45) is 5.76. The van der Waals surface area contributed by atoms with Gasteiger partial charge in [-0.1, -0.05) is 106 Å². The molecule has 0 aliphatic heterocycles. The van der Waals surface area contributed by atoms with E-state index in [0.29, 0.717) is 11.5 Å². The van der Waals surface area contributed by atoms with Crippen molar-refractivity contribution in [2.24, 2.45) is 0 Å². The first-order valence-corrected chi connectivity index (χ1v) is 17.1. The fourth-order valence-corrected chi connectivity index (χ4v) is 7.91. The van der Waals surface area contributed by atoms with Crippen LogP contribution in [0.15, 0.2) is 116 Å². The van der Waals surface area contributed by atoms with Gasteiger partial charge in [0.1, 0.15) is 5.65 Å². The van der Waals surface area contributed by atoms with Crippen molar-refractivity contribution in [2.75, 3.05) is 0 Å². The summed E-state index contributed by atoms with van der Waals surface area (Å²) in [7, 11) is 0. The molecule has 10 aromatic rings. The van der Waals surface area contributed by atoms with Gasteiger partial charge < -0.3 is 13.5 Å². The Morgan fingerprint density at radius 2 is 1.17 bits per heavy atom. The van der Waals surface area contributed by atoms with Crippen LogP contribution in [0.1, 0.15) is 22.3 Å². The summed E-state index contributed by atoms with van der Waals surface area (Å²) in [5.74, 6) is 1.17. The molecule has 0 amide bonds. The standard InChI is InChI=1S/C45H31N5O.Pt/c1-26-9-7-10-27(2)41(26)38-20-19-35-33-18-16-30(23-36(33)43-46-21-22-49(43)45(35)48-38)51-31-15-17-32-34-13-5-6-14-39(34)50-40(25-47-44(50)37(32)24-31)42-28(3)11-8-12-29(42)4;/h5-22,25H,1-4H3;/q-2;+2. The first-order chi connectivity index (χ1) is 24.9.